The first-order chi connectivity index (χ1) is 7.84. The molecule has 0 aromatic carbocycles. The molecule has 2 unspecified atom stereocenters. The number of likely N-dealkylation sites (tertiary alicyclic amines) is 1. The number of halogens is 1. The van der Waals surface area contributed by atoms with Crippen molar-refractivity contribution in [3.8, 4) is 0 Å². The zero-order chi connectivity index (χ0) is 12.7. The molecule has 0 N–H and O–H groups in total. The van der Waals surface area contributed by atoms with E-state index < -0.39 is 15.2 Å². The maximum absolute atomic E-state index is 11.8. The number of rotatable bonds is 1. The van der Waals surface area contributed by atoms with E-state index >= 15 is 0 Å². The lowest BCUT2D eigenvalue weighted by Crippen LogP contribution is -2.48. The van der Waals surface area contributed by atoms with Crippen LogP contribution in [0.5, 0.6) is 0 Å². The van der Waals surface area contributed by atoms with Crippen molar-refractivity contribution in [2.45, 2.75) is 31.6 Å². The van der Waals surface area contributed by atoms with E-state index in [1.807, 2.05) is 0 Å². The van der Waals surface area contributed by atoms with Gasteiger partial charge in [-0.25, -0.2) is 8.42 Å². The fourth-order valence-electron chi connectivity index (χ4n) is 2.95. The third kappa shape index (κ3) is 2.76. The number of hydrogen-bond donors (Lipinski definition) is 0. The van der Waals surface area contributed by atoms with E-state index in [2.05, 4.69) is 0 Å². The van der Waals surface area contributed by atoms with Gasteiger partial charge < -0.3 is 4.90 Å². The number of carbonyl (C=O) groups is 1. The van der Waals surface area contributed by atoms with E-state index in [4.69, 9.17) is 11.6 Å². The Hall–Kier alpha value is -0.290. The van der Waals surface area contributed by atoms with Gasteiger partial charge in [-0.15, -0.1) is 11.6 Å². The van der Waals surface area contributed by atoms with Crippen molar-refractivity contribution in [3.05, 3.63) is 0 Å². The molecule has 4 nitrogen and oxygen atoms in total. The van der Waals surface area contributed by atoms with Crippen LogP contribution in [0.15, 0.2) is 0 Å². The van der Waals surface area contributed by atoms with E-state index in [9.17, 15) is 13.2 Å². The van der Waals surface area contributed by atoms with Crippen molar-refractivity contribution < 1.29 is 13.2 Å². The molecule has 0 aromatic rings. The number of carbonyl (C=O) groups excluding carboxylic acids is 1. The Balaban J connectivity index is 2.10. The predicted octanol–water partition coefficient (Wildman–Crippen LogP) is 1.04. The van der Waals surface area contributed by atoms with Crippen molar-refractivity contribution in [2.24, 2.45) is 5.41 Å². The molecule has 2 rings (SSSR count). The van der Waals surface area contributed by atoms with E-state index in [0.717, 1.165) is 12.8 Å². The SMILES string of the molecule is CC(Cl)C(=O)N1CCCC2(CCS(=O)(=O)C2)C1. The molecule has 0 aromatic heterocycles. The number of amides is 1. The highest BCUT2D eigenvalue weighted by atomic mass is 35.5. The highest BCUT2D eigenvalue weighted by molar-refractivity contribution is 7.91. The van der Waals surface area contributed by atoms with Gasteiger partial charge in [-0.3, -0.25) is 4.79 Å². The van der Waals surface area contributed by atoms with Crippen LogP contribution in [0, 0.1) is 5.41 Å². The minimum atomic E-state index is -2.89. The molecule has 2 atom stereocenters. The van der Waals surface area contributed by atoms with E-state index in [-0.39, 0.29) is 22.8 Å². The van der Waals surface area contributed by atoms with Crippen LogP contribution in [-0.4, -0.2) is 49.2 Å². The first-order valence-corrected chi connectivity index (χ1v) is 8.23. The van der Waals surface area contributed by atoms with Crippen molar-refractivity contribution >= 4 is 27.3 Å². The van der Waals surface area contributed by atoms with Gasteiger partial charge in [0.25, 0.3) is 0 Å². The Labute approximate surface area is 107 Å². The van der Waals surface area contributed by atoms with Crippen LogP contribution < -0.4 is 0 Å². The minimum absolute atomic E-state index is 0.0740. The van der Waals surface area contributed by atoms with Gasteiger partial charge >= 0.3 is 0 Å². The first-order valence-electron chi connectivity index (χ1n) is 5.97. The van der Waals surface area contributed by atoms with Gasteiger partial charge in [0.2, 0.25) is 5.91 Å². The molecular formula is C11H18ClNO3S. The lowest BCUT2D eigenvalue weighted by molar-refractivity contribution is -0.133. The van der Waals surface area contributed by atoms with E-state index in [0.29, 0.717) is 19.5 Å². The standard InChI is InChI=1S/C11H18ClNO3S/c1-9(12)10(14)13-5-2-3-11(7-13)4-6-17(15,16)8-11/h9H,2-8H2,1H3. The Bertz CT molecular complexity index is 420. The molecule has 17 heavy (non-hydrogen) atoms. The molecule has 2 heterocycles. The van der Waals surface area contributed by atoms with Crippen LogP contribution in [-0.2, 0) is 14.6 Å². The fourth-order valence-corrected chi connectivity index (χ4v) is 5.29. The van der Waals surface area contributed by atoms with Gasteiger partial charge in [-0.2, -0.15) is 0 Å². The van der Waals surface area contributed by atoms with Gasteiger partial charge in [-0.05, 0) is 26.2 Å². The average Bonchev–Trinajstić information content (AvgIpc) is 2.53. The number of nitrogens with zero attached hydrogens (tertiary/aromatic N) is 1. The highest BCUT2D eigenvalue weighted by Crippen LogP contribution is 2.40. The lowest BCUT2D eigenvalue weighted by atomic mass is 9.79. The first kappa shape index (κ1) is 13.1. The quantitative estimate of drug-likeness (QED) is 0.674. The molecule has 2 aliphatic rings. The molecular weight excluding hydrogens is 262 g/mol. The lowest BCUT2D eigenvalue weighted by Gasteiger charge is -2.40. The molecule has 0 aliphatic carbocycles. The van der Waals surface area contributed by atoms with Gasteiger partial charge in [0.05, 0.1) is 11.5 Å². The van der Waals surface area contributed by atoms with Crippen molar-refractivity contribution in [2.75, 3.05) is 24.6 Å². The van der Waals surface area contributed by atoms with Crippen molar-refractivity contribution in [1.82, 2.24) is 4.90 Å². The van der Waals surface area contributed by atoms with Gasteiger partial charge in [0, 0.05) is 18.5 Å². The van der Waals surface area contributed by atoms with Crippen molar-refractivity contribution in [3.63, 3.8) is 0 Å². The van der Waals surface area contributed by atoms with Crippen LogP contribution >= 0.6 is 11.6 Å². The zero-order valence-electron chi connectivity index (χ0n) is 9.99. The maximum atomic E-state index is 11.8. The summed E-state index contributed by atoms with van der Waals surface area (Å²) >= 11 is 5.80. The Morgan fingerprint density at radius 3 is 2.65 bits per heavy atom. The molecule has 0 saturated carbocycles. The van der Waals surface area contributed by atoms with Crippen LogP contribution in [0.2, 0.25) is 0 Å². The summed E-state index contributed by atoms with van der Waals surface area (Å²) in [5.41, 5.74) is -0.196. The Kier molecular flexibility index (Phi) is 3.42. The second kappa shape index (κ2) is 4.43. The third-order valence-electron chi connectivity index (χ3n) is 3.78. The summed E-state index contributed by atoms with van der Waals surface area (Å²) in [6.45, 7) is 2.93. The largest absolute Gasteiger partial charge is 0.341 e. The van der Waals surface area contributed by atoms with Gasteiger partial charge in [-0.1, -0.05) is 0 Å². The third-order valence-corrected chi connectivity index (χ3v) is 5.85. The molecule has 0 radical (unpaired) electrons. The maximum Gasteiger partial charge on any atom is 0.240 e. The second-order valence-electron chi connectivity index (χ2n) is 5.32. The monoisotopic (exact) mass is 279 g/mol. The number of alkyl halides is 1. The van der Waals surface area contributed by atoms with Gasteiger partial charge in [0.1, 0.15) is 5.38 Å². The molecule has 1 amide bonds. The zero-order valence-corrected chi connectivity index (χ0v) is 11.6. The molecule has 1 spiro atoms. The van der Waals surface area contributed by atoms with Gasteiger partial charge in [0.15, 0.2) is 9.84 Å². The summed E-state index contributed by atoms with van der Waals surface area (Å²) in [5, 5.41) is -0.525. The Morgan fingerprint density at radius 1 is 1.41 bits per heavy atom. The topological polar surface area (TPSA) is 54.5 Å². The molecule has 6 heteroatoms. The fraction of sp³-hybridized carbons (Fsp3) is 0.909. The summed E-state index contributed by atoms with van der Waals surface area (Å²) in [7, 11) is -2.89. The summed E-state index contributed by atoms with van der Waals surface area (Å²) in [4.78, 5) is 13.6. The van der Waals surface area contributed by atoms with E-state index in [1.54, 1.807) is 11.8 Å². The van der Waals surface area contributed by atoms with Crippen molar-refractivity contribution in [1.29, 1.82) is 0 Å². The smallest absolute Gasteiger partial charge is 0.240 e. The van der Waals surface area contributed by atoms with E-state index in [1.165, 1.54) is 0 Å². The average molecular weight is 280 g/mol. The summed E-state index contributed by atoms with van der Waals surface area (Å²) in [6, 6.07) is 0. The molecule has 2 fully saturated rings. The number of hydrogen-bond acceptors (Lipinski definition) is 3. The Morgan fingerprint density at radius 2 is 2.12 bits per heavy atom. The molecule has 98 valence electrons. The molecule has 2 aliphatic heterocycles. The molecule has 2 saturated heterocycles. The van der Waals surface area contributed by atoms with Crippen LogP contribution in [0.1, 0.15) is 26.2 Å². The number of piperidine rings is 1. The van der Waals surface area contributed by atoms with Crippen LogP contribution in [0.3, 0.4) is 0 Å². The summed E-state index contributed by atoms with van der Waals surface area (Å²) in [5.74, 6) is 0.432. The second-order valence-corrected chi connectivity index (χ2v) is 8.16. The molecule has 0 bridgehead atoms. The minimum Gasteiger partial charge on any atom is -0.341 e. The van der Waals surface area contributed by atoms with Crippen LogP contribution in [0.25, 0.3) is 0 Å². The summed E-state index contributed by atoms with van der Waals surface area (Å²) < 4.78 is 23.2. The number of sulfone groups is 1. The highest BCUT2D eigenvalue weighted by Gasteiger charge is 2.45. The summed E-state index contributed by atoms with van der Waals surface area (Å²) in [6.07, 6.45) is 2.48. The predicted molar refractivity (Wildman–Crippen MR) is 66.8 cm³/mol. The normalized spacial score (nSPS) is 33.9. The van der Waals surface area contributed by atoms with Crippen LogP contribution in [0.4, 0.5) is 0 Å².